The predicted octanol–water partition coefficient (Wildman–Crippen LogP) is 6.66. The summed E-state index contributed by atoms with van der Waals surface area (Å²) in [5, 5.41) is 20.8. The fourth-order valence-electron chi connectivity index (χ4n) is 8.74. The fourth-order valence-corrected chi connectivity index (χ4v) is 8.74. The van der Waals surface area contributed by atoms with Gasteiger partial charge in [0.05, 0.1) is 22.6 Å². The number of nitrogens with zero attached hydrogens (tertiary/aromatic N) is 6. The minimum Gasteiger partial charge on any atom is -0.508 e. The molecule has 254 valence electrons. The molecule has 2 aromatic carbocycles. The molecule has 2 unspecified atom stereocenters. The number of pyridine rings is 1. The van der Waals surface area contributed by atoms with Crippen LogP contribution in [-0.4, -0.2) is 69.5 Å². The Labute approximate surface area is 288 Å². The summed E-state index contributed by atoms with van der Waals surface area (Å²) < 4.78 is 53.3. The lowest BCUT2D eigenvalue weighted by molar-refractivity contribution is 0.107. The van der Waals surface area contributed by atoms with Crippen LogP contribution in [0.2, 0.25) is 0 Å². The first-order chi connectivity index (χ1) is 24.3. The van der Waals surface area contributed by atoms with Crippen LogP contribution in [0.15, 0.2) is 24.3 Å². The van der Waals surface area contributed by atoms with E-state index in [0.717, 1.165) is 51.7 Å². The van der Waals surface area contributed by atoms with Crippen molar-refractivity contribution in [3.8, 4) is 53.3 Å². The smallest absolute Gasteiger partial charge is 0.319 e. The maximum atomic E-state index is 17.3. The molecule has 5 heterocycles. The van der Waals surface area contributed by atoms with Gasteiger partial charge in [-0.25, -0.2) is 18.2 Å². The topological polar surface area (TPSA) is 98.4 Å². The summed E-state index contributed by atoms with van der Waals surface area (Å²) >= 11 is 0. The molecule has 2 aromatic heterocycles. The zero-order valence-electron chi connectivity index (χ0n) is 27.5. The van der Waals surface area contributed by atoms with Gasteiger partial charge in [-0.15, -0.1) is 6.42 Å². The van der Waals surface area contributed by atoms with Gasteiger partial charge in [0.2, 0.25) is 0 Å². The third kappa shape index (κ3) is 5.53. The number of ether oxygens (including phenoxy) is 1. The van der Waals surface area contributed by atoms with Gasteiger partial charge in [-0.3, -0.25) is 4.90 Å². The molecule has 0 radical (unpaired) electrons. The number of nitriles is 1. The van der Waals surface area contributed by atoms with Crippen molar-refractivity contribution in [1.82, 2.24) is 19.9 Å². The molecule has 1 N–H and O–H groups in total. The quantitative estimate of drug-likeness (QED) is 0.179. The number of fused-ring (bicyclic) bond motifs is 5. The minimum atomic E-state index is -0.945. The number of benzene rings is 2. The second-order valence-corrected chi connectivity index (χ2v) is 14.1. The van der Waals surface area contributed by atoms with E-state index in [1.165, 1.54) is 24.3 Å². The van der Waals surface area contributed by atoms with Gasteiger partial charge in [-0.1, -0.05) is 17.9 Å². The number of phenols is 1. The van der Waals surface area contributed by atoms with Crippen LogP contribution in [0.3, 0.4) is 0 Å². The number of hydrogen-bond acceptors (Lipinski definition) is 8. The van der Waals surface area contributed by atoms with Crippen LogP contribution in [-0.2, 0) is 0 Å². The van der Waals surface area contributed by atoms with Crippen molar-refractivity contribution < 1.29 is 23.0 Å². The van der Waals surface area contributed by atoms with Crippen molar-refractivity contribution in [2.24, 2.45) is 11.8 Å². The summed E-state index contributed by atoms with van der Waals surface area (Å²) in [6.07, 6.45) is 10.7. The molecule has 50 heavy (non-hydrogen) atoms. The van der Waals surface area contributed by atoms with Gasteiger partial charge in [-0.2, -0.15) is 15.2 Å². The number of hydrogen-bond donors (Lipinski definition) is 1. The Morgan fingerprint density at radius 1 is 1.06 bits per heavy atom. The van der Waals surface area contributed by atoms with Crippen LogP contribution in [0, 0.1) is 59.0 Å². The van der Waals surface area contributed by atoms with E-state index in [1.807, 2.05) is 0 Å². The number of anilines is 1. The van der Waals surface area contributed by atoms with E-state index in [-0.39, 0.29) is 64.6 Å². The summed E-state index contributed by atoms with van der Waals surface area (Å²) in [7, 11) is 0. The standard InChI is InChI=1S/C39H35F3N6O2/c1-2-28-30(41)11-10-25-16-27(49)17-29(32(25)28)35-34(42)36-33(31(44-35)7-4-3-5-13-43)37(47-19-23-8-9-24(15-23)20-47)46-38(45-36)50-22-39-12-6-14-48(39)21-26(40)18-39/h1,10-11,16-17,23-24,26,49H,3,5-6,8-9,12,14-15,18-22H2/t23?,24?,26-,39+/m1/s1. The highest BCUT2D eigenvalue weighted by Crippen LogP contribution is 2.44. The normalized spacial score (nSPS) is 24.2. The zero-order valence-corrected chi connectivity index (χ0v) is 27.5. The van der Waals surface area contributed by atoms with Gasteiger partial charge in [0.15, 0.2) is 5.82 Å². The number of rotatable bonds is 6. The molecule has 2 bridgehead atoms. The Bertz CT molecular complexity index is 2170. The first kappa shape index (κ1) is 32.2. The molecule has 3 aliphatic heterocycles. The molecule has 8 rings (SSSR count). The van der Waals surface area contributed by atoms with Gasteiger partial charge >= 0.3 is 6.01 Å². The van der Waals surface area contributed by atoms with Crippen molar-refractivity contribution in [3.05, 3.63) is 47.2 Å². The van der Waals surface area contributed by atoms with Gasteiger partial charge in [0, 0.05) is 49.8 Å². The van der Waals surface area contributed by atoms with Crippen LogP contribution >= 0.6 is 0 Å². The molecule has 4 fully saturated rings. The lowest BCUT2D eigenvalue weighted by Crippen LogP contribution is -2.43. The highest BCUT2D eigenvalue weighted by molar-refractivity contribution is 6.04. The molecule has 1 saturated carbocycles. The number of aromatic hydroxyl groups is 1. The molecule has 3 saturated heterocycles. The van der Waals surface area contributed by atoms with Gasteiger partial charge in [-0.05, 0) is 80.0 Å². The lowest BCUT2D eigenvalue weighted by atomic mass is 9.95. The van der Waals surface area contributed by atoms with Crippen LogP contribution in [0.1, 0.15) is 62.6 Å². The molecule has 0 spiro atoms. The number of unbranched alkanes of at least 4 members (excludes halogenated alkanes) is 1. The van der Waals surface area contributed by atoms with Crippen LogP contribution in [0.25, 0.3) is 32.9 Å². The second-order valence-electron chi connectivity index (χ2n) is 14.1. The fraction of sp³-hybridized carbons (Fsp3) is 0.436. The maximum absolute atomic E-state index is 17.3. The zero-order chi connectivity index (χ0) is 34.6. The molecular weight excluding hydrogens is 641 g/mol. The Morgan fingerprint density at radius 3 is 2.66 bits per heavy atom. The third-order valence-electron chi connectivity index (χ3n) is 10.9. The van der Waals surface area contributed by atoms with Crippen molar-refractivity contribution in [2.75, 3.05) is 37.7 Å². The van der Waals surface area contributed by atoms with Gasteiger partial charge in [0.25, 0.3) is 0 Å². The average Bonchev–Trinajstić information content (AvgIpc) is 3.76. The Hall–Kier alpha value is -5.05. The SMILES string of the molecule is C#Cc1c(F)ccc2cc(O)cc(-c3nc(C#CCCC#N)c4c(N5CC6CCC(C6)C5)nc(OC[C@@]56CCCN5C[C@H](F)C6)nc4c3F)c12. The molecular formula is C39H35F3N6O2. The van der Waals surface area contributed by atoms with Crippen LogP contribution < -0.4 is 9.64 Å². The van der Waals surface area contributed by atoms with E-state index in [4.69, 9.17) is 26.4 Å². The van der Waals surface area contributed by atoms with E-state index in [0.29, 0.717) is 41.4 Å². The lowest BCUT2D eigenvalue weighted by Gasteiger charge is -2.34. The monoisotopic (exact) mass is 676 g/mol. The predicted molar refractivity (Wildman–Crippen MR) is 183 cm³/mol. The Kier molecular flexibility index (Phi) is 8.16. The summed E-state index contributed by atoms with van der Waals surface area (Å²) in [5.74, 6) is 8.12. The molecule has 8 nitrogen and oxygen atoms in total. The molecule has 11 heteroatoms. The van der Waals surface area contributed by atoms with Crippen molar-refractivity contribution in [1.29, 1.82) is 5.26 Å². The van der Waals surface area contributed by atoms with E-state index in [1.54, 1.807) is 0 Å². The molecule has 4 atom stereocenters. The summed E-state index contributed by atoms with van der Waals surface area (Å²) in [6, 6.07) is 7.43. The summed E-state index contributed by atoms with van der Waals surface area (Å²) in [4.78, 5) is 18.6. The van der Waals surface area contributed by atoms with Crippen LogP contribution in [0.5, 0.6) is 11.8 Å². The number of aromatic nitrogens is 3. The molecule has 0 amide bonds. The second kappa shape index (κ2) is 12.7. The van der Waals surface area contributed by atoms with E-state index < -0.39 is 23.3 Å². The highest BCUT2D eigenvalue weighted by atomic mass is 19.1. The number of halogens is 3. The van der Waals surface area contributed by atoms with E-state index in [9.17, 15) is 9.50 Å². The number of terminal acetylenes is 1. The first-order valence-corrected chi connectivity index (χ1v) is 17.2. The Morgan fingerprint density at radius 2 is 1.88 bits per heavy atom. The first-order valence-electron chi connectivity index (χ1n) is 17.2. The molecule has 1 aliphatic carbocycles. The van der Waals surface area contributed by atoms with Crippen molar-refractivity contribution in [2.45, 2.75) is 63.1 Å². The third-order valence-corrected chi connectivity index (χ3v) is 10.9. The number of phenolic OH excluding ortho intramolecular Hbond substituents is 1. The Balaban J connectivity index is 1.36. The maximum Gasteiger partial charge on any atom is 0.319 e. The average molecular weight is 677 g/mol. The summed E-state index contributed by atoms with van der Waals surface area (Å²) in [6.45, 7) is 2.75. The summed E-state index contributed by atoms with van der Waals surface area (Å²) in [5.41, 5.74) is -0.636. The molecule has 4 aliphatic rings. The molecule has 4 aromatic rings. The van der Waals surface area contributed by atoms with Crippen molar-refractivity contribution in [3.63, 3.8) is 0 Å². The van der Waals surface area contributed by atoms with E-state index >= 15 is 8.78 Å². The van der Waals surface area contributed by atoms with E-state index in [2.05, 4.69) is 38.6 Å². The van der Waals surface area contributed by atoms with Crippen LogP contribution in [0.4, 0.5) is 19.0 Å². The minimum absolute atomic E-state index is 0.0375. The van der Waals surface area contributed by atoms with Gasteiger partial charge < -0.3 is 14.7 Å². The van der Waals surface area contributed by atoms with Crippen molar-refractivity contribution >= 4 is 27.5 Å². The van der Waals surface area contributed by atoms with Gasteiger partial charge in [0.1, 0.15) is 47.1 Å². The highest BCUT2D eigenvalue weighted by Gasteiger charge is 2.49. The largest absolute Gasteiger partial charge is 0.508 e. The number of piperidine rings is 1. The number of alkyl halides is 1.